The zero-order valence-electron chi connectivity index (χ0n) is 9.56. The molecule has 1 saturated heterocycles. The van der Waals surface area contributed by atoms with Crippen LogP contribution in [-0.2, 0) is 18.2 Å². The van der Waals surface area contributed by atoms with Crippen LogP contribution >= 0.6 is 16.5 Å². The summed E-state index contributed by atoms with van der Waals surface area (Å²) in [4.78, 5) is 19.2. The van der Waals surface area contributed by atoms with E-state index in [1.807, 2.05) is 6.92 Å². The molecule has 0 bridgehead atoms. The van der Waals surface area contributed by atoms with Crippen LogP contribution in [0.15, 0.2) is 0 Å². The average molecular weight is 285 g/mol. The molecule has 17 heavy (non-hydrogen) atoms. The lowest BCUT2D eigenvalue weighted by Crippen LogP contribution is -2.47. The first kappa shape index (κ1) is 15.1. The van der Waals surface area contributed by atoms with Gasteiger partial charge >= 0.3 is 22.9 Å². The van der Waals surface area contributed by atoms with E-state index in [9.17, 15) is 9.13 Å². The van der Waals surface area contributed by atoms with Crippen LogP contribution in [-0.4, -0.2) is 33.7 Å². The molecule has 0 amide bonds. The minimum atomic E-state index is -2.88. The smallest absolute Gasteiger partial charge is 0.244 e. The summed E-state index contributed by atoms with van der Waals surface area (Å²) in [7, 11) is -5.75. The molecule has 0 aromatic heterocycles. The minimum absolute atomic E-state index is 0.138. The van der Waals surface area contributed by atoms with Crippen molar-refractivity contribution in [3.8, 4) is 0 Å². The summed E-state index contributed by atoms with van der Waals surface area (Å²) in [5, 5.41) is 0. The molecule has 0 radical (unpaired) electrons. The summed E-state index contributed by atoms with van der Waals surface area (Å²) >= 11 is 0. The van der Waals surface area contributed by atoms with Gasteiger partial charge in [-0.2, -0.15) is 0 Å². The predicted molar refractivity (Wildman–Crippen MR) is 60.2 cm³/mol. The van der Waals surface area contributed by atoms with Crippen molar-refractivity contribution in [3.63, 3.8) is 0 Å². The third-order valence-corrected chi connectivity index (χ3v) is 3.50. The van der Waals surface area contributed by atoms with Gasteiger partial charge in [0.05, 0.1) is 0 Å². The van der Waals surface area contributed by atoms with Gasteiger partial charge in [-0.15, -0.1) is 9.79 Å². The molecule has 7 nitrogen and oxygen atoms in total. The van der Waals surface area contributed by atoms with E-state index < -0.39 is 22.9 Å². The Morgan fingerprint density at radius 1 is 1.29 bits per heavy atom. The van der Waals surface area contributed by atoms with E-state index in [1.165, 1.54) is 0 Å². The van der Waals surface area contributed by atoms with Crippen molar-refractivity contribution in [2.75, 3.05) is 6.54 Å². The quantitative estimate of drug-likeness (QED) is 0.568. The van der Waals surface area contributed by atoms with E-state index >= 15 is 0 Å². The molecule has 1 heterocycles. The predicted octanol–water partition coefficient (Wildman–Crippen LogP) is 1.87. The van der Waals surface area contributed by atoms with Crippen LogP contribution in [0.3, 0.4) is 0 Å². The molecule has 1 rings (SSSR count). The maximum Gasteiger partial charge on any atom is 0.699 e. The Kier molecular flexibility index (Phi) is 6.59. The molecule has 98 valence electrons. The van der Waals surface area contributed by atoms with Crippen molar-refractivity contribution in [2.24, 2.45) is 0 Å². The van der Waals surface area contributed by atoms with Crippen molar-refractivity contribution in [1.29, 1.82) is 0 Å². The number of hydrogen-bond donors (Lipinski definition) is 2. The van der Waals surface area contributed by atoms with E-state index in [-0.39, 0.29) is 6.04 Å². The van der Waals surface area contributed by atoms with Crippen LogP contribution in [0.2, 0.25) is 0 Å². The van der Waals surface area contributed by atoms with Crippen LogP contribution in [0.1, 0.15) is 32.6 Å². The Bertz CT molecular complexity index is 273. The van der Waals surface area contributed by atoms with Crippen LogP contribution in [0.5, 0.6) is 0 Å². The summed E-state index contributed by atoms with van der Waals surface area (Å²) in [5.41, 5.74) is 0. The van der Waals surface area contributed by atoms with E-state index in [1.54, 1.807) is 4.90 Å². The second kappa shape index (κ2) is 7.44. The number of hydrogen-bond acceptors (Lipinski definition) is 5. The van der Waals surface area contributed by atoms with Crippen molar-refractivity contribution in [3.05, 3.63) is 0 Å². The third-order valence-electron chi connectivity index (χ3n) is 2.78. The van der Waals surface area contributed by atoms with Gasteiger partial charge in [-0.1, -0.05) is 22.4 Å². The van der Waals surface area contributed by atoms with Crippen LogP contribution in [0, 0.1) is 0 Å². The normalized spacial score (nSPS) is 25.5. The van der Waals surface area contributed by atoms with E-state index in [4.69, 9.17) is 9.79 Å². The fourth-order valence-electron chi connectivity index (χ4n) is 2.03. The molecule has 9 heteroatoms. The first-order valence-corrected chi connectivity index (χ1v) is 7.72. The SMILES string of the molecule is CCC1CCCCN1C(O[P+](=O)O)O[P+](=O)O. The first-order chi connectivity index (χ1) is 8.04. The molecule has 0 saturated carbocycles. The van der Waals surface area contributed by atoms with Crippen molar-refractivity contribution in [1.82, 2.24) is 4.90 Å². The number of piperidine rings is 1. The van der Waals surface area contributed by atoms with E-state index in [2.05, 4.69) is 9.05 Å². The summed E-state index contributed by atoms with van der Waals surface area (Å²) in [6, 6.07) is 0.138. The summed E-state index contributed by atoms with van der Waals surface area (Å²) in [5.74, 6) is 0. The maximum absolute atomic E-state index is 10.7. The molecule has 0 aromatic carbocycles. The standard InChI is InChI=1S/C8H15NO6P2/c1-2-7-5-3-4-6-9(7)8(14-16(10)11)15-17(12)13/h7-8H,2-6H2,1H3/p+2. The van der Waals surface area contributed by atoms with Crippen molar-refractivity contribution >= 4 is 16.5 Å². The lowest BCUT2D eigenvalue weighted by atomic mass is 10.0. The average Bonchev–Trinajstić information content (AvgIpc) is 2.27. The molecule has 3 atom stereocenters. The monoisotopic (exact) mass is 285 g/mol. The van der Waals surface area contributed by atoms with Gasteiger partial charge in [0, 0.05) is 21.7 Å². The molecular weight excluding hydrogens is 268 g/mol. The first-order valence-electron chi connectivity index (χ1n) is 5.46. The number of likely N-dealkylation sites (tertiary alicyclic amines) is 1. The lowest BCUT2D eigenvalue weighted by molar-refractivity contribution is -0.143. The Balaban J connectivity index is 2.71. The molecule has 2 N–H and O–H groups in total. The van der Waals surface area contributed by atoms with Gasteiger partial charge < -0.3 is 0 Å². The molecule has 1 aliphatic rings. The second-order valence-corrected chi connectivity index (χ2v) is 5.16. The molecule has 0 aliphatic carbocycles. The van der Waals surface area contributed by atoms with Gasteiger partial charge in [-0.3, -0.25) is 0 Å². The fraction of sp³-hybridized carbons (Fsp3) is 1.00. The minimum Gasteiger partial charge on any atom is -0.244 e. The zero-order valence-corrected chi connectivity index (χ0v) is 11.3. The molecule has 3 unspecified atom stereocenters. The van der Waals surface area contributed by atoms with Gasteiger partial charge in [0.25, 0.3) is 0 Å². The van der Waals surface area contributed by atoms with Crippen LogP contribution in [0.4, 0.5) is 0 Å². The van der Waals surface area contributed by atoms with Crippen LogP contribution < -0.4 is 0 Å². The Hall–Kier alpha value is -0.0000000000000000763. The van der Waals surface area contributed by atoms with Crippen molar-refractivity contribution < 1.29 is 28.0 Å². The fourth-order valence-corrected chi connectivity index (χ4v) is 2.74. The topological polar surface area (TPSA) is 96.3 Å². The van der Waals surface area contributed by atoms with E-state index in [0.717, 1.165) is 25.7 Å². The summed E-state index contributed by atoms with van der Waals surface area (Å²) in [6.45, 7) is 2.60. The zero-order chi connectivity index (χ0) is 12.8. The number of rotatable bonds is 6. The molecule has 1 aliphatic heterocycles. The second-order valence-electron chi connectivity index (χ2n) is 3.79. The number of nitrogens with zero attached hydrogens (tertiary/aromatic N) is 1. The Labute approximate surface area is 102 Å². The summed E-state index contributed by atoms with van der Waals surface area (Å²) < 4.78 is 30.7. The third kappa shape index (κ3) is 5.02. The largest absolute Gasteiger partial charge is 0.699 e. The van der Waals surface area contributed by atoms with Gasteiger partial charge in [0.2, 0.25) is 0 Å². The molecule has 0 aromatic rings. The van der Waals surface area contributed by atoms with Gasteiger partial charge in [0.15, 0.2) is 0 Å². The highest BCUT2D eigenvalue weighted by Crippen LogP contribution is 2.32. The summed E-state index contributed by atoms with van der Waals surface area (Å²) in [6.07, 6.45) is 2.49. The van der Waals surface area contributed by atoms with Crippen molar-refractivity contribution in [2.45, 2.75) is 45.1 Å². The van der Waals surface area contributed by atoms with Gasteiger partial charge in [0.1, 0.15) is 0 Å². The highest BCUT2D eigenvalue weighted by Gasteiger charge is 2.41. The molecule has 0 spiro atoms. The Morgan fingerprint density at radius 3 is 2.35 bits per heavy atom. The molecule has 1 fully saturated rings. The Morgan fingerprint density at radius 2 is 1.88 bits per heavy atom. The van der Waals surface area contributed by atoms with E-state index in [0.29, 0.717) is 6.54 Å². The highest BCUT2D eigenvalue weighted by molar-refractivity contribution is 7.32. The van der Waals surface area contributed by atoms with Gasteiger partial charge in [-0.05, 0) is 19.3 Å². The lowest BCUT2D eigenvalue weighted by Gasteiger charge is -2.35. The maximum atomic E-state index is 10.7. The molecular formula is C8H17NO6P2+2. The van der Waals surface area contributed by atoms with Gasteiger partial charge in [-0.25, -0.2) is 4.90 Å². The van der Waals surface area contributed by atoms with Crippen LogP contribution in [0.25, 0.3) is 0 Å². The highest BCUT2D eigenvalue weighted by atomic mass is 31.1.